The molecule has 0 amide bonds. The van der Waals surface area contributed by atoms with Gasteiger partial charge in [0, 0.05) is 20.6 Å². The van der Waals surface area contributed by atoms with Crippen LogP contribution in [0.25, 0.3) is 0 Å². The second-order valence-electron chi connectivity index (χ2n) is 5.21. The largest absolute Gasteiger partial charge is 0.289 e. The highest BCUT2D eigenvalue weighted by Crippen LogP contribution is 2.36. The van der Waals surface area contributed by atoms with Gasteiger partial charge in [0.15, 0.2) is 5.78 Å². The second-order valence-corrected chi connectivity index (χ2v) is 6.50. The first-order chi connectivity index (χ1) is 9.65. The molecular formula is C17H14BrClO. The first-order valence-corrected chi connectivity index (χ1v) is 7.92. The molecule has 1 saturated carbocycles. The SMILES string of the molecule is O=C(c1cccc(C2CCC2)c1)c1ccc(Cl)cc1Br. The third-order valence-electron chi connectivity index (χ3n) is 3.90. The third-order valence-corrected chi connectivity index (χ3v) is 4.79. The normalized spacial score (nSPS) is 14.9. The standard InChI is InChI=1S/C17H14BrClO/c18-16-10-14(19)7-8-15(16)17(20)13-6-2-5-12(9-13)11-3-1-4-11/h2,5-11H,1,3-4H2. The van der Waals surface area contributed by atoms with Gasteiger partial charge < -0.3 is 0 Å². The van der Waals surface area contributed by atoms with Gasteiger partial charge in [-0.25, -0.2) is 0 Å². The zero-order chi connectivity index (χ0) is 14.1. The Balaban J connectivity index is 1.93. The fourth-order valence-electron chi connectivity index (χ4n) is 2.50. The maximum absolute atomic E-state index is 12.6. The zero-order valence-electron chi connectivity index (χ0n) is 10.9. The van der Waals surface area contributed by atoms with E-state index in [1.165, 1.54) is 24.8 Å². The third kappa shape index (κ3) is 2.68. The summed E-state index contributed by atoms with van der Waals surface area (Å²) in [4.78, 5) is 12.6. The fraction of sp³-hybridized carbons (Fsp3) is 0.235. The van der Waals surface area contributed by atoms with Gasteiger partial charge >= 0.3 is 0 Å². The molecule has 0 aliphatic heterocycles. The van der Waals surface area contributed by atoms with Crippen LogP contribution in [0.4, 0.5) is 0 Å². The summed E-state index contributed by atoms with van der Waals surface area (Å²) in [6.07, 6.45) is 3.77. The number of ketones is 1. The summed E-state index contributed by atoms with van der Waals surface area (Å²) in [5, 5.41) is 0.622. The van der Waals surface area contributed by atoms with Gasteiger partial charge in [-0.05, 0) is 64.5 Å². The van der Waals surface area contributed by atoms with Crippen molar-refractivity contribution in [1.82, 2.24) is 0 Å². The first kappa shape index (κ1) is 13.8. The van der Waals surface area contributed by atoms with E-state index in [1.807, 2.05) is 18.2 Å². The number of benzene rings is 2. The number of carbonyl (C=O) groups is 1. The van der Waals surface area contributed by atoms with E-state index in [4.69, 9.17) is 11.6 Å². The quantitative estimate of drug-likeness (QED) is 0.659. The van der Waals surface area contributed by atoms with Crippen LogP contribution in [-0.2, 0) is 0 Å². The molecule has 0 heterocycles. The van der Waals surface area contributed by atoms with Crippen LogP contribution in [-0.4, -0.2) is 5.78 Å². The lowest BCUT2D eigenvalue weighted by molar-refractivity contribution is 0.103. The molecule has 2 aromatic carbocycles. The summed E-state index contributed by atoms with van der Waals surface area (Å²) >= 11 is 9.33. The van der Waals surface area contributed by atoms with Gasteiger partial charge in [-0.15, -0.1) is 0 Å². The number of hydrogen-bond donors (Lipinski definition) is 0. The molecule has 0 bridgehead atoms. The highest BCUT2D eigenvalue weighted by Gasteiger charge is 2.21. The van der Waals surface area contributed by atoms with Crippen molar-refractivity contribution in [1.29, 1.82) is 0 Å². The van der Waals surface area contributed by atoms with Gasteiger partial charge in [0.05, 0.1) is 0 Å². The van der Waals surface area contributed by atoms with Crippen molar-refractivity contribution in [2.24, 2.45) is 0 Å². The Morgan fingerprint density at radius 2 is 1.95 bits per heavy atom. The summed E-state index contributed by atoms with van der Waals surface area (Å²) in [5.41, 5.74) is 2.68. The number of halogens is 2. The second kappa shape index (κ2) is 5.71. The molecule has 0 spiro atoms. The van der Waals surface area contributed by atoms with Gasteiger partial charge in [0.25, 0.3) is 0 Å². The average Bonchev–Trinajstić information content (AvgIpc) is 2.36. The van der Waals surface area contributed by atoms with Crippen LogP contribution >= 0.6 is 27.5 Å². The van der Waals surface area contributed by atoms with Crippen molar-refractivity contribution in [3.8, 4) is 0 Å². The van der Waals surface area contributed by atoms with E-state index < -0.39 is 0 Å². The highest BCUT2D eigenvalue weighted by atomic mass is 79.9. The minimum Gasteiger partial charge on any atom is -0.289 e. The van der Waals surface area contributed by atoms with E-state index in [0.717, 1.165) is 10.0 Å². The Kier molecular flexibility index (Phi) is 3.95. The molecule has 1 aliphatic rings. The topological polar surface area (TPSA) is 17.1 Å². The number of hydrogen-bond acceptors (Lipinski definition) is 1. The van der Waals surface area contributed by atoms with Crippen LogP contribution in [0.3, 0.4) is 0 Å². The molecule has 0 unspecified atom stereocenters. The molecule has 102 valence electrons. The van der Waals surface area contributed by atoms with Crippen molar-refractivity contribution < 1.29 is 4.79 Å². The summed E-state index contributed by atoms with van der Waals surface area (Å²) in [7, 11) is 0. The van der Waals surface area contributed by atoms with E-state index >= 15 is 0 Å². The zero-order valence-corrected chi connectivity index (χ0v) is 13.2. The fourth-order valence-corrected chi connectivity index (χ4v) is 3.37. The molecule has 1 nitrogen and oxygen atoms in total. The molecule has 0 saturated heterocycles. The van der Waals surface area contributed by atoms with E-state index in [0.29, 0.717) is 16.5 Å². The van der Waals surface area contributed by atoms with Crippen molar-refractivity contribution in [2.75, 3.05) is 0 Å². The van der Waals surface area contributed by atoms with Crippen molar-refractivity contribution in [3.63, 3.8) is 0 Å². The molecule has 0 N–H and O–H groups in total. The van der Waals surface area contributed by atoms with E-state index in [1.54, 1.807) is 18.2 Å². The van der Waals surface area contributed by atoms with Gasteiger partial charge in [-0.1, -0.05) is 36.2 Å². The molecule has 0 atom stereocenters. The monoisotopic (exact) mass is 348 g/mol. The summed E-state index contributed by atoms with van der Waals surface area (Å²) in [6, 6.07) is 13.3. The van der Waals surface area contributed by atoms with Gasteiger partial charge in [0.2, 0.25) is 0 Å². The minimum atomic E-state index is 0.0368. The summed E-state index contributed by atoms with van der Waals surface area (Å²) < 4.78 is 0.740. The predicted molar refractivity (Wildman–Crippen MR) is 85.6 cm³/mol. The number of carbonyl (C=O) groups excluding carboxylic acids is 1. The van der Waals surface area contributed by atoms with E-state index in [2.05, 4.69) is 22.0 Å². The minimum absolute atomic E-state index is 0.0368. The molecule has 3 heteroatoms. The Labute approximate surface area is 132 Å². The Morgan fingerprint density at radius 3 is 2.60 bits per heavy atom. The van der Waals surface area contributed by atoms with Crippen molar-refractivity contribution in [3.05, 3.63) is 68.7 Å². The lowest BCUT2D eigenvalue weighted by Crippen LogP contribution is -2.10. The number of rotatable bonds is 3. The lowest BCUT2D eigenvalue weighted by Gasteiger charge is -2.26. The van der Waals surface area contributed by atoms with Crippen molar-refractivity contribution >= 4 is 33.3 Å². The van der Waals surface area contributed by atoms with Crippen LogP contribution < -0.4 is 0 Å². The molecule has 0 radical (unpaired) electrons. The predicted octanol–water partition coefficient (Wildman–Crippen LogP) is 5.60. The smallest absolute Gasteiger partial charge is 0.194 e. The Bertz CT molecular complexity index is 662. The first-order valence-electron chi connectivity index (χ1n) is 6.75. The Morgan fingerprint density at radius 1 is 1.15 bits per heavy atom. The van der Waals surface area contributed by atoms with Crippen LogP contribution in [0.15, 0.2) is 46.9 Å². The summed E-state index contributed by atoms with van der Waals surface area (Å²) in [5.74, 6) is 0.672. The highest BCUT2D eigenvalue weighted by molar-refractivity contribution is 9.10. The lowest BCUT2D eigenvalue weighted by atomic mass is 9.79. The van der Waals surface area contributed by atoms with E-state index in [-0.39, 0.29) is 5.78 Å². The van der Waals surface area contributed by atoms with E-state index in [9.17, 15) is 4.79 Å². The van der Waals surface area contributed by atoms with Crippen LogP contribution in [0.1, 0.15) is 46.7 Å². The maximum Gasteiger partial charge on any atom is 0.194 e. The maximum atomic E-state index is 12.6. The molecule has 1 fully saturated rings. The molecule has 1 aliphatic carbocycles. The van der Waals surface area contributed by atoms with Crippen LogP contribution in [0.5, 0.6) is 0 Å². The van der Waals surface area contributed by atoms with Gasteiger partial charge in [-0.3, -0.25) is 4.79 Å². The molecular weight excluding hydrogens is 336 g/mol. The summed E-state index contributed by atoms with van der Waals surface area (Å²) in [6.45, 7) is 0. The average molecular weight is 350 g/mol. The molecule has 2 aromatic rings. The van der Waals surface area contributed by atoms with Crippen molar-refractivity contribution in [2.45, 2.75) is 25.2 Å². The van der Waals surface area contributed by atoms with Crippen LogP contribution in [0, 0.1) is 0 Å². The van der Waals surface area contributed by atoms with Crippen LogP contribution in [0.2, 0.25) is 5.02 Å². The Hall–Kier alpha value is -1.12. The molecule has 0 aromatic heterocycles. The molecule has 3 rings (SSSR count). The molecule has 20 heavy (non-hydrogen) atoms. The van der Waals surface area contributed by atoms with Gasteiger partial charge in [0.1, 0.15) is 0 Å². The van der Waals surface area contributed by atoms with Gasteiger partial charge in [-0.2, -0.15) is 0 Å².